The molecule has 0 unspecified atom stereocenters. The van der Waals surface area contributed by atoms with Gasteiger partial charge in [-0.25, -0.2) is 9.59 Å². The zero-order valence-electron chi connectivity index (χ0n) is 14.9. The first-order chi connectivity index (χ1) is 12.4. The van der Waals surface area contributed by atoms with Crippen LogP contribution in [0.3, 0.4) is 0 Å². The molecule has 0 radical (unpaired) electrons. The van der Waals surface area contributed by atoms with Crippen molar-refractivity contribution in [3.05, 3.63) is 70.1 Å². The molecule has 0 bridgehead atoms. The molecule has 0 atom stereocenters. The summed E-state index contributed by atoms with van der Waals surface area (Å²) in [6, 6.07) is 14.0. The Kier molecular flexibility index (Phi) is 5.07. The molecule has 134 valence electrons. The molecule has 1 heterocycles. The lowest BCUT2D eigenvalue weighted by Crippen LogP contribution is -2.17. The van der Waals surface area contributed by atoms with Crippen molar-refractivity contribution in [1.82, 2.24) is 0 Å². The van der Waals surface area contributed by atoms with E-state index in [1.165, 1.54) is 17.7 Å². The van der Waals surface area contributed by atoms with Gasteiger partial charge in [0.2, 0.25) is 0 Å². The Labute approximate surface area is 151 Å². The van der Waals surface area contributed by atoms with Crippen LogP contribution in [-0.2, 0) is 4.79 Å². The van der Waals surface area contributed by atoms with Gasteiger partial charge in [-0.05, 0) is 48.2 Å². The Morgan fingerprint density at radius 2 is 1.73 bits per heavy atom. The molecule has 3 rings (SSSR count). The summed E-state index contributed by atoms with van der Waals surface area (Å²) in [4.78, 5) is 23.5. The van der Waals surface area contributed by atoms with Crippen LogP contribution in [0.25, 0.3) is 11.0 Å². The molecule has 2 aromatic carbocycles. The maximum atomic E-state index is 12.0. The van der Waals surface area contributed by atoms with Gasteiger partial charge in [-0.3, -0.25) is 0 Å². The van der Waals surface area contributed by atoms with Crippen LogP contribution >= 0.6 is 0 Å². The zero-order chi connectivity index (χ0) is 18.7. The van der Waals surface area contributed by atoms with Gasteiger partial charge in [0, 0.05) is 17.5 Å². The lowest BCUT2D eigenvalue weighted by atomic mass is 10.0. The van der Waals surface area contributed by atoms with Crippen LogP contribution in [0, 0.1) is 6.92 Å². The van der Waals surface area contributed by atoms with Crippen molar-refractivity contribution in [3.8, 4) is 11.5 Å². The summed E-state index contributed by atoms with van der Waals surface area (Å²) >= 11 is 0. The van der Waals surface area contributed by atoms with E-state index in [0.29, 0.717) is 23.0 Å². The monoisotopic (exact) mass is 352 g/mol. The van der Waals surface area contributed by atoms with Crippen molar-refractivity contribution in [2.24, 2.45) is 0 Å². The average molecular weight is 352 g/mol. The van der Waals surface area contributed by atoms with Crippen LogP contribution in [0.15, 0.2) is 57.7 Å². The topological polar surface area (TPSA) is 65.7 Å². The summed E-state index contributed by atoms with van der Waals surface area (Å²) in [7, 11) is 0. The van der Waals surface area contributed by atoms with Gasteiger partial charge in [-0.1, -0.05) is 26.0 Å². The van der Waals surface area contributed by atoms with E-state index in [-0.39, 0.29) is 6.61 Å². The maximum absolute atomic E-state index is 12.0. The van der Waals surface area contributed by atoms with Crippen LogP contribution in [0.2, 0.25) is 0 Å². The molecule has 0 spiro atoms. The molecular weight excluding hydrogens is 332 g/mol. The van der Waals surface area contributed by atoms with Crippen LogP contribution in [0.5, 0.6) is 11.5 Å². The Bertz CT molecular complexity index is 983. The van der Waals surface area contributed by atoms with E-state index in [9.17, 15) is 9.59 Å². The lowest BCUT2D eigenvalue weighted by Gasteiger charge is -2.09. The summed E-state index contributed by atoms with van der Waals surface area (Å²) in [5, 5.41) is 0.797. The molecule has 0 N–H and O–H groups in total. The van der Waals surface area contributed by atoms with Crippen LogP contribution < -0.4 is 15.1 Å². The number of fused-ring (bicyclic) bond motifs is 1. The van der Waals surface area contributed by atoms with Gasteiger partial charge in [-0.15, -0.1) is 0 Å². The lowest BCUT2D eigenvalue weighted by molar-refractivity contribution is -0.136. The first-order valence-electron chi connectivity index (χ1n) is 8.40. The number of hydrogen-bond acceptors (Lipinski definition) is 5. The number of rotatable bonds is 5. The summed E-state index contributed by atoms with van der Waals surface area (Å²) in [6.45, 7) is 5.83. The second-order valence-corrected chi connectivity index (χ2v) is 6.39. The van der Waals surface area contributed by atoms with Crippen molar-refractivity contribution in [2.45, 2.75) is 26.7 Å². The molecule has 0 fully saturated rings. The van der Waals surface area contributed by atoms with Gasteiger partial charge >= 0.3 is 11.6 Å². The first kappa shape index (κ1) is 17.7. The van der Waals surface area contributed by atoms with Gasteiger partial charge in [0.1, 0.15) is 17.1 Å². The van der Waals surface area contributed by atoms with Crippen molar-refractivity contribution in [3.63, 3.8) is 0 Å². The van der Waals surface area contributed by atoms with Crippen molar-refractivity contribution in [1.29, 1.82) is 0 Å². The van der Waals surface area contributed by atoms with Crippen molar-refractivity contribution < 1.29 is 18.7 Å². The number of esters is 1. The highest BCUT2D eigenvalue weighted by Gasteiger charge is 2.09. The van der Waals surface area contributed by atoms with E-state index in [4.69, 9.17) is 13.9 Å². The third kappa shape index (κ3) is 4.11. The van der Waals surface area contributed by atoms with E-state index in [1.807, 2.05) is 31.2 Å². The molecule has 0 aliphatic rings. The Hall–Kier alpha value is -3.08. The maximum Gasteiger partial charge on any atom is 0.349 e. The zero-order valence-corrected chi connectivity index (χ0v) is 14.9. The minimum absolute atomic E-state index is 0.211. The minimum Gasteiger partial charge on any atom is -0.482 e. The SMILES string of the molecule is Cc1cc(=O)oc2cc(OC(=O)COc3ccc(C(C)C)cc3)ccc12. The van der Waals surface area contributed by atoms with Gasteiger partial charge < -0.3 is 13.9 Å². The van der Waals surface area contributed by atoms with Gasteiger partial charge in [0.05, 0.1) is 0 Å². The fraction of sp³-hybridized carbons (Fsp3) is 0.238. The molecule has 5 heteroatoms. The smallest absolute Gasteiger partial charge is 0.349 e. The number of hydrogen-bond donors (Lipinski definition) is 0. The highest BCUT2D eigenvalue weighted by Crippen LogP contribution is 2.22. The summed E-state index contributed by atoms with van der Waals surface area (Å²) in [5.74, 6) is 0.805. The number of carbonyl (C=O) groups is 1. The third-order valence-corrected chi connectivity index (χ3v) is 4.06. The van der Waals surface area contributed by atoms with Crippen LogP contribution in [0.1, 0.15) is 30.9 Å². The number of aryl methyl sites for hydroxylation is 1. The van der Waals surface area contributed by atoms with Crippen LogP contribution in [0.4, 0.5) is 0 Å². The van der Waals surface area contributed by atoms with Crippen LogP contribution in [-0.4, -0.2) is 12.6 Å². The molecule has 3 aromatic rings. The fourth-order valence-electron chi connectivity index (χ4n) is 2.62. The molecule has 0 saturated carbocycles. The predicted octanol–water partition coefficient (Wildman–Crippen LogP) is 4.21. The second kappa shape index (κ2) is 7.44. The van der Waals surface area contributed by atoms with Gasteiger partial charge in [0.25, 0.3) is 0 Å². The number of carbonyl (C=O) groups excluding carboxylic acids is 1. The Morgan fingerprint density at radius 1 is 1.04 bits per heavy atom. The highest BCUT2D eigenvalue weighted by molar-refractivity contribution is 5.82. The minimum atomic E-state index is -0.535. The Morgan fingerprint density at radius 3 is 2.42 bits per heavy atom. The second-order valence-electron chi connectivity index (χ2n) is 6.39. The number of ether oxygens (including phenoxy) is 2. The van der Waals surface area contributed by atoms with E-state index in [1.54, 1.807) is 12.1 Å². The molecule has 0 aliphatic carbocycles. The molecule has 26 heavy (non-hydrogen) atoms. The summed E-state index contributed by atoms with van der Waals surface area (Å²) in [5.41, 5.74) is 1.95. The fourth-order valence-corrected chi connectivity index (χ4v) is 2.62. The van der Waals surface area contributed by atoms with E-state index < -0.39 is 11.6 Å². The Balaban J connectivity index is 1.64. The van der Waals surface area contributed by atoms with E-state index in [2.05, 4.69) is 13.8 Å². The summed E-state index contributed by atoms with van der Waals surface area (Å²) in [6.07, 6.45) is 0. The number of benzene rings is 2. The van der Waals surface area contributed by atoms with Crippen molar-refractivity contribution >= 4 is 16.9 Å². The molecular formula is C21H20O5. The molecule has 0 amide bonds. The van der Waals surface area contributed by atoms with Gasteiger partial charge in [0.15, 0.2) is 6.61 Å². The average Bonchev–Trinajstić information content (AvgIpc) is 2.60. The quantitative estimate of drug-likeness (QED) is 0.391. The summed E-state index contributed by atoms with van der Waals surface area (Å²) < 4.78 is 15.9. The molecule has 0 aliphatic heterocycles. The van der Waals surface area contributed by atoms with E-state index >= 15 is 0 Å². The standard InChI is InChI=1S/C21H20O5/c1-13(2)15-4-6-16(7-5-15)24-12-21(23)25-17-8-9-18-14(3)10-20(22)26-19(18)11-17/h4-11,13H,12H2,1-3H3. The van der Waals surface area contributed by atoms with Gasteiger partial charge in [-0.2, -0.15) is 0 Å². The van der Waals surface area contributed by atoms with E-state index in [0.717, 1.165) is 10.9 Å². The normalized spacial score (nSPS) is 10.9. The first-order valence-corrected chi connectivity index (χ1v) is 8.40. The molecule has 0 saturated heterocycles. The molecule has 5 nitrogen and oxygen atoms in total. The van der Waals surface area contributed by atoms with Crippen molar-refractivity contribution in [2.75, 3.05) is 6.61 Å². The largest absolute Gasteiger partial charge is 0.482 e. The molecule has 1 aromatic heterocycles. The third-order valence-electron chi connectivity index (χ3n) is 4.06. The predicted molar refractivity (Wildman–Crippen MR) is 98.9 cm³/mol. The highest BCUT2D eigenvalue weighted by atomic mass is 16.6.